The number of esters is 1. The summed E-state index contributed by atoms with van der Waals surface area (Å²) in [6.45, 7) is 5.07. The number of benzene rings is 1. The smallest absolute Gasteiger partial charge is 0.324 e. The Labute approximate surface area is 173 Å². The highest BCUT2D eigenvalue weighted by Gasteiger charge is 2.30. The van der Waals surface area contributed by atoms with Gasteiger partial charge in [-0.2, -0.15) is 9.71 Å². The lowest BCUT2D eigenvalue weighted by molar-refractivity contribution is -0.148. The lowest BCUT2D eigenvalue weighted by Gasteiger charge is -2.20. The lowest BCUT2D eigenvalue weighted by atomic mass is 10.1. The van der Waals surface area contributed by atoms with Gasteiger partial charge in [-0.3, -0.25) is 4.79 Å². The molecule has 0 amide bonds. The number of ether oxygens (including phenoxy) is 1. The monoisotopic (exact) mass is 435 g/mol. The Morgan fingerprint density at radius 3 is 2.59 bits per heavy atom. The molecule has 0 aliphatic rings. The van der Waals surface area contributed by atoms with Crippen LogP contribution in [0.5, 0.6) is 0 Å². The maximum atomic E-state index is 12.6. The molecule has 2 aromatic heterocycles. The fourth-order valence-electron chi connectivity index (χ4n) is 2.45. The van der Waals surface area contributed by atoms with Gasteiger partial charge in [0.25, 0.3) is 5.89 Å². The number of carbonyl (C=O) groups excluding carboxylic acids is 1. The van der Waals surface area contributed by atoms with Crippen molar-refractivity contribution in [3.8, 4) is 10.7 Å². The van der Waals surface area contributed by atoms with E-state index in [2.05, 4.69) is 14.9 Å². The fourth-order valence-corrected chi connectivity index (χ4v) is 4.43. The molecule has 8 nitrogen and oxygen atoms in total. The number of sulfonamides is 1. The number of rotatable bonds is 8. The van der Waals surface area contributed by atoms with Crippen molar-refractivity contribution in [2.75, 3.05) is 0 Å². The Balaban J connectivity index is 1.66. The summed E-state index contributed by atoms with van der Waals surface area (Å²) in [6, 6.07) is 9.02. The van der Waals surface area contributed by atoms with Crippen LogP contribution in [0.15, 0.2) is 51.2 Å². The summed E-state index contributed by atoms with van der Waals surface area (Å²) in [6.07, 6.45) is 0. The van der Waals surface area contributed by atoms with Crippen molar-refractivity contribution in [3.05, 3.63) is 53.2 Å². The third kappa shape index (κ3) is 5.28. The lowest BCUT2D eigenvalue weighted by Crippen LogP contribution is -2.45. The van der Waals surface area contributed by atoms with Gasteiger partial charge in [0.15, 0.2) is 6.61 Å². The van der Waals surface area contributed by atoms with E-state index in [4.69, 9.17) is 9.26 Å². The van der Waals surface area contributed by atoms with Crippen molar-refractivity contribution in [1.29, 1.82) is 0 Å². The Kier molecular flexibility index (Phi) is 6.46. The molecule has 0 fully saturated rings. The summed E-state index contributed by atoms with van der Waals surface area (Å²) < 4.78 is 38.0. The van der Waals surface area contributed by atoms with E-state index in [-0.39, 0.29) is 23.3 Å². The Morgan fingerprint density at radius 1 is 1.24 bits per heavy atom. The SMILES string of the molecule is Cc1ccc(S(=O)(=O)N[C@H](C(=O)OCc2nc(-c3cccs3)no2)C(C)C)cc1. The number of thiophene rings is 1. The predicted octanol–water partition coefficient (Wildman–Crippen LogP) is 3.15. The van der Waals surface area contributed by atoms with E-state index >= 15 is 0 Å². The van der Waals surface area contributed by atoms with Gasteiger partial charge < -0.3 is 9.26 Å². The summed E-state index contributed by atoms with van der Waals surface area (Å²) in [5.74, 6) is -0.504. The number of hydrogen-bond donors (Lipinski definition) is 1. The molecule has 3 aromatic rings. The topological polar surface area (TPSA) is 111 Å². The van der Waals surface area contributed by atoms with Crippen molar-refractivity contribution in [2.45, 2.75) is 38.3 Å². The summed E-state index contributed by atoms with van der Waals surface area (Å²) in [4.78, 5) is 17.6. The van der Waals surface area contributed by atoms with Crippen LogP contribution in [-0.2, 0) is 26.2 Å². The molecular weight excluding hydrogens is 414 g/mol. The number of hydrogen-bond acceptors (Lipinski definition) is 8. The van der Waals surface area contributed by atoms with Crippen LogP contribution in [0.3, 0.4) is 0 Å². The first-order chi connectivity index (χ1) is 13.8. The third-order valence-corrected chi connectivity index (χ3v) is 6.40. The largest absolute Gasteiger partial charge is 0.454 e. The van der Waals surface area contributed by atoms with Gasteiger partial charge in [0, 0.05) is 0 Å². The van der Waals surface area contributed by atoms with Crippen molar-refractivity contribution < 1.29 is 22.5 Å². The normalized spacial score (nSPS) is 12.8. The van der Waals surface area contributed by atoms with E-state index in [0.29, 0.717) is 5.82 Å². The summed E-state index contributed by atoms with van der Waals surface area (Å²) in [5.41, 5.74) is 0.935. The molecule has 0 saturated heterocycles. The van der Waals surface area contributed by atoms with Crippen LogP contribution in [0, 0.1) is 12.8 Å². The number of carbonyl (C=O) groups is 1. The first-order valence-corrected chi connectivity index (χ1v) is 11.2. The molecule has 0 saturated carbocycles. The Bertz CT molecular complexity index is 1060. The minimum atomic E-state index is -3.88. The van der Waals surface area contributed by atoms with Crippen LogP contribution in [0.25, 0.3) is 10.7 Å². The predicted molar refractivity (Wildman–Crippen MR) is 108 cm³/mol. The third-order valence-electron chi connectivity index (χ3n) is 4.08. The number of nitrogens with one attached hydrogen (secondary N) is 1. The van der Waals surface area contributed by atoms with Crippen molar-refractivity contribution >= 4 is 27.3 Å². The molecule has 154 valence electrons. The standard InChI is InChI=1S/C19H21N3O5S2/c1-12(2)17(22-29(24,25)14-8-6-13(3)7-9-14)19(23)26-11-16-20-18(21-27-16)15-5-4-10-28-15/h4-10,12,17,22H,11H2,1-3H3/t17-/m0/s1. The molecule has 3 rings (SSSR count). The Hall–Kier alpha value is -2.56. The van der Waals surface area contributed by atoms with E-state index in [1.807, 2.05) is 24.4 Å². The average molecular weight is 436 g/mol. The molecule has 1 atom stereocenters. The van der Waals surface area contributed by atoms with E-state index in [0.717, 1.165) is 10.4 Å². The molecule has 0 spiro atoms. The highest BCUT2D eigenvalue weighted by Crippen LogP contribution is 2.21. The molecule has 0 unspecified atom stereocenters. The van der Waals surface area contributed by atoms with E-state index < -0.39 is 22.0 Å². The number of nitrogens with zero attached hydrogens (tertiary/aromatic N) is 2. The average Bonchev–Trinajstić information content (AvgIpc) is 3.36. The zero-order valence-electron chi connectivity index (χ0n) is 16.2. The van der Waals surface area contributed by atoms with Gasteiger partial charge in [-0.25, -0.2) is 8.42 Å². The van der Waals surface area contributed by atoms with Crippen LogP contribution >= 0.6 is 11.3 Å². The molecule has 0 bridgehead atoms. The minimum absolute atomic E-state index is 0.0824. The van der Waals surface area contributed by atoms with Gasteiger partial charge >= 0.3 is 5.97 Å². The van der Waals surface area contributed by atoms with Gasteiger partial charge in [0.05, 0.1) is 9.77 Å². The van der Waals surface area contributed by atoms with Crippen molar-refractivity contribution in [1.82, 2.24) is 14.9 Å². The number of aromatic nitrogens is 2. The van der Waals surface area contributed by atoms with Crippen molar-refractivity contribution in [3.63, 3.8) is 0 Å². The second-order valence-corrected chi connectivity index (χ2v) is 9.41. The quantitative estimate of drug-likeness (QED) is 0.541. The highest BCUT2D eigenvalue weighted by molar-refractivity contribution is 7.89. The van der Waals surface area contributed by atoms with Crippen LogP contribution in [0.2, 0.25) is 0 Å². The van der Waals surface area contributed by atoms with E-state index in [1.165, 1.54) is 23.5 Å². The zero-order chi connectivity index (χ0) is 21.0. The molecule has 0 aliphatic heterocycles. The van der Waals surface area contributed by atoms with E-state index in [1.54, 1.807) is 26.0 Å². The molecule has 2 heterocycles. The minimum Gasteiger partial charge on any atom is -0.454 e. The van der Waals surface area contributed by atoms with Crippen LogP contribution in [0.4, 0.5) is 0 Å². The summed E-state index contributed by atoms with van der Waals surface area (Å²) in [7, 11) is -3.88. The van der Waals surface area contributed by atoms with Crippen LogP contribution in [-0.4, -0.2) is 30.6 Å². The molecule has 1 N–H and O–H groups in total. The second kappa shape index (κ2) is 8.85. The van der Waals surface area contributed by atoms with Gasteiger partial charge in [-0.15, -0.1) is 11.3 Å². The van der Waals surface area contributed by atoms with Crippen LogP contribution in [0.1, 0.15) is 25.3 Å². The zero-order valence-corrected chi connectivity index (χ0v) is 17.8. The van der Waals surface area contributed by atoms with Crippen LogP contribution < -0.4 is 4.72 Å². The van der Waals surface area contributed by atoms with Gasteiger partial charge in [0.1, 0.15) is 6.04 Å². The van der Waals surface area contributed by atoms with Gasteiger partial charge in [0.2, 0.25) is 15.8 Å². The molecule has 0 radical (unpaired) electrons. The maximum Gasteiger partial charge on any atom is 0.324 e. The second-order valence-electron chi connectivity index (χ2n) is 6.75. The molecule has 10 heteroatoms. The molecule has 0 aliphatic carbocycles. The van der Waals surface area contributed by atoms with Gasteiger partial charge in [-0.05, 0) is 36.4 Å². The fraction of sp³-hybridized carbons (Fsp3) is 0.316. The summed E-state index contributed by atoms with van der Waals surface area (Å²) in [5, 5.41) is 5.73. The first kappa shape index (κ1) is 21.2. The Morgan fingerprint density at radius 2 is 1.97 bits per heavy atom. The van der Waals surface area contributed by atoms with E-state index in [9.17, 15) is 13.2 Å². The first-order valence-electron chi connectivity index (χ1n) is 8.88. The van der Waals surface area contributed by atoms with Gasteiger partial charge in [-0.1, -0.05) is 42.8 Å². The molecule has 1 aromatic carbocycles. The number of aryl methyl sites for hydroxylation is 1. The molecule has 29 heavy (non-hydrogen) atoms. The van der Waals surface area contributed by atoms with Crippen molar-refractivity contribution in [2.24, 2.45) is 5.92 Å². The summed E-state index contributed by atoms with van der Waals surface area (Å²) >= 11 is 1.46. The molecular formula is C19H21N3O5S2. The maximum absolute atomic E-state index is 12.6. The highest BCUT2D eigenvalue weighted by atomic mass is 32.2.